The molecule has 0 fully saturated rings. The summed E-state index contributed by atoms with van der Waals surface area (Å²) in [5.41, 5.74) is 2.26. The number of ether oxygens (including phenoxy) is 1. The third-order valence-corrected chi connectivity index (χ3v) is 3.88. The van der Waals surface area contributed by atoms with Gasteiger partial charge in [0.1, 0.15) is 0 Å². The lowest BCUT2D eigenvalue weighted by Gasteiger charge is -2.06. The van der Waals surface area contributed by atoms with Gasteiger partial charge in [-0.25, -0.2) is 4.79 Å². The predicted octanol–water partition coefficient (Wildman–Crippen LogP) is 2.67. The Morgan fingerprint density at radius 2 is 1.63 bits per heavy atom. The molecule has 2 aromatic rings. The van der Waals surface area contributed by atoms with Gasteiger partial charge in [0, 0.05) is 19.0 Å². The number of benzene rings is 2. The summed E-state index contributed by atoms with van der Waals surface area (Å²) in [6.45, 7) is 1.75. The fourth-order valence-corrected chi connectivity index (χ4v) is 2.39. The van der Waals surface area contributed by atoms with Gasteiger partial charge in [-0.3, -0.25) is 9.59 Å². The first kappa shape index (κ1) is 19.9. The van der Waals surface area contributed by atoms with Crippen LogP contribution in [0.15, 0.2) is 48.5 Å². The van der Waals surface area contributed by atoms with Crippen LogP contribution >= 0.6 is 0 Å². The number of hydrogen-bond acceptors (Lipinski definition) is 5. The largest absolute Gasteiger partial charge is 0.454 e. The molecule has 2 rings (SSSR count). The first-order valence-corrected chi connectivity index (χ1v) is 8.53. The van der Waals surface area contributed by atoms with Crippen molar-refractivity contribution in [3.8, 4) is 6.07 Å². The van der Waals surface area contributed by atoms with E-state index in [0.29, 0.717) is 17.7 Å². The lowest BCUT2D eigenvalue weighted by atomic mass is 10.1. The molecule has 0 unspecified atom stereocenters. The topological polar surface area (TPSA) is 96.3 Å². The van der Waals surface area contributed by atoms with Crippen LogP contribution in [0.3, 0.4) is 0 Å². The molecule has 6 heteroatoms. The van der Waals surface area contributed by atoms with Crippen molar-refractivity contribution < 1.29 is 19.1 Å². The van der Waals surface area contributed by atoms with E-state index < -0.39 is 5.97 Å². The number of aryl methyl sites for hydroxylation is 1. The van der Waals surface area contributed by atoms with Crippen molar-refractivity contribution in [2.75, 3.05) is 13.2 Å². The molecule has 0 aliphatic carbocycles. The Morgan fingerprint density at radius 3 is 2.22 bits per heavy atom. The summed E-state index contributed by atoms with van der Waals surface area (Å²) in [5, 5.41) is 11.5. The molecular weight excluding hydrogens is 344 g/mol. The standard InChI is InChI=1S/C21H20N2O4/c1-15(24)23-12-2-3-16-4-8-18(9-5-16)20(25)14-27-21(26)19-10-6-17(13-22)7-11-19/h4-11H,2-3,12,14H2,1H3,(H,23,24). The summed E-state index contributed by atoms with van der Waals surface area (Å²) < 4.78 is 5.04. The zero-order valence-electron chi connectivity index (χ0n) is 15.0. The maximum Gasteiger partial charge on any atom is 0.338 e. The lowest BCUT2D eigenvalue weighted by molar-refractivity contribution is -0.118. The Kier molecular flexibility index (Phi) is 7.26. The van der Waals surface area contributed by atoms with Crippen molar-refractivity contribution in [3.05, 3.63) is 70.8 Å². The maximum atomic E-state index is 12.2. The van der Waals surface area contributed by atoms with Crippen molar-refractivity contribution >= 4 is 17.7 Å². The summed E-state index contributed by atoms with van der Waals surface area (Å²) in [4.78, 5) is 34.9. The van der Waals surface area contributed by atoms with E-state index in [1.165, 1.54) is 31.2 Å². The second-order valence-electron chi connectivity index (χ2n) is 5.97. The Bertz CT molecular complexity index is 849. The number of carbonyl (C=O) groups is 3. The zero-order valence-corrected chi connectivity index (χ0v) is 15.0. The molecule has 0 radical (unpaired) electrons. The molecule has 138 valence electrons. The Labute approximate surface area is 157 Å². The molecule has 0 aliphatic heterocycles. The SMILES string of the molecule is CC(=O)NCCCc1ccc(C(=O)COC(=O)c2ccc(C#N)cc2)cc1. The number of nitrogens with one attached hydrogen (secondary N) is 1. The summed E-state index contributed by atoms with van der Waals surface area (Å²) in [5.74, 6) is -0.948. The maximum absolute atomic E-state index is 12.2. The summed E-state index contributed by atoms with van der Waals surface area (Å²) in [6.07, 6.45) is 1.61. The zero-order chi connectivity index (χ0) is 19.6. The molecule has 0 aliphatic rings. The van der Waals surface area contributed by atoms with E-state index in [0.717, 1.165) is 18.4 Å². The van der Waals surface area contributed by atoms with Gasteiger partial charge in [0.2, 0.25) is 5.91 Å². The highest BCUT2D eigenvalue weighted by atomic mass is 16.5. The number of rotatable bonds is 8. The van der Waals surface area contributed by atoms with Gasteiger partial charge in [0.25, 0.3) is 0 Å². The highest BCUT2D eigenvalue weighted by molar-refractivity contribution is 5.99. The molecule has 2 aromatic carbocycles. The molecule has 1 amide bonds. The van der Waals surface area contributed by atoms with E-state index in [2.05, 4.69) is 5.32 Å². The molecule has 0 spiro atoms. The van der Waals surface area contributed by atoms with Crippen LogP contribution in [-0.2, 0) is 16.0 Å². The van der Waals surface area contributed by atoms with Crippen LogP contribution < -0.4 is 5.32 Å². The fraction of sp³-hybridized carbons (Fsp3) is 0.238. The van der Waals surface area contributed by atoms with Crippen LogP contribution in [0.4, 0.5) is 0 Å². The molecular formula is C21H20N2O4. The number of amides is 1. The van der Waals surface area contributed by atoms with Crippen molar-refractivity contribution in [3.63, 3.8) is 0 Å². The minimum atomic E-state index is -0.609. The molecule has 0 bridgehead atoms. The van der Waals surface area contributed by atoms with Gasteiger partial charge >= 0.3 is 5.97 Å². The molecule has 1 N–H and O–H groups in total. The van der Waals surface area contributed by atoms with Gasteiger partial charge in [-0.2, -0.15) is 5.26 Å². The lowest BCUT2D eigenvalue weighted by Crippen LogP contribution is -2.21. The summed E-state index contributed by atoms with van der Waals surface area (Å²) in [7, 11) is 0. The van der Waals surface area contributed by atoms with Crippen molar-refractivity contribution in [2.45, 2.75) is 19.8 Å². The minimum Gasteiger partial charge on any atom is -0.454 e. The Balaban J connectivity index is 1.82. The van der Waals surface area contributed by atoms with E-state index in [4.69, 9.17) is 10.00 Å². The Morgan fingerprint density at radius 1 is 1.00 bits per heavy atom. The number of ketones is 1. The molecule has 0 saturated heterocycles. The molecule has 0 atom stereocenters. The molecule has 6 nitrogen and oxygen atoms in total. The van der Waals surface area contributed by atoms with Gasteiger partial charge in [0.15, 0.2) is 12.4 Å². The van der Waals surface area contributed by atoms with Crippen LogP contribution in [-0.4, -0.2) is 30.8 Å². The highest BCUT2D eigenvalue weighted by Crippen LogP contribution is 2.09. The summed E-state index contributed by atoms with van der Waals surface area (Å²) >= 11 is 0. The predicted molar refractivity (Wildman–Crippen MR) is 99.2 cm³/mol. The Hall–Kier alpha value is -3.46. The van der Waals surface area contributed by atoms with Gasteiger partial charge in [-0.1, -0.05) is 24.3 Å². The van der Waals surface area contributed by atoms with E-state index in [1.807, 2.05) is 18.2 Å². The van der Waals surface area contributed by atoms with Crippen LogP contribution in [0.25, 0.3) is 0 Å². The fourth-order valence-electron chi connectivity index (χ4n) is 2.39. The number of nitrogens with zero attached hydrogens (tertiary/aromatic N) is 1. The van der Waals surface area contributed by atoms with Crippen LogP contribution in [0.2, 0.25) is 0 Å². The van der Waals surface area contributed by atoms with Gasteiger partial charge in [-0.15, -0.1) is 0 Å². The normalized spacial score (nSPS) is 9.93. The van der Waals surface area contributed by atoms with Crippen molar-refractivity contribution in [1.82, 2.24) is 5.32 Å². The molecule has 0 heterocycles. The van der Waals surface area contributed by atoms with Gasteiger partial charge in [-0.05, 0) is 42.7 Å². The van der Waals surface area contributed by atoms with Crippen molar-refractivity contribution in [2.24, 2.45) is 0 Å². The van der Waals surface area contributed by atoms with E-state index in [1.54, 1.807) is 12.1 Å². The first-order chi connectivity index (χ1) is 13.0. The quantitative estimate of drug-likeness (QED) is 0.441. The second kappa shape index (κ2) is 9.88. The van der Waals surface area contributed by atoms with E-state index >= 15 is 0 Å². The summed E-state index contributed by atoms with van der Waals surface area (Å²) in [6, 6.07) is 15.1. The number of Topliss-reactive ketones (excluding diaryl/α,β-unsaturated/α-hetero) is 1. The van der Waals surface area contributed by atoms with Gasteiger partial charge < -0.3 is 10.1 Å². The van der Waals surface area contributed by atoms with Gasteiger partial charge in [0.05, 0.1) is 17.2 Å². The molecule has 0 saturated carbocycles. The van der Waals surface area contributed by atoms with E-state index in [9.17, 15) is 14.4 Å². The number of hydrogen-bond donors (Lipinski definition) is 1. The third-order valence-electron chi connectivity index (χ3n) is 3.88. The van der Waals surface area contributed by atoms with Crippen LogP contribution in [0.5, 0.6) is 0 Å². The van der Waals surface area contributed by atoms with E-state index in [-0.39, 0.29) is 23.9 Å². The first-order valence-electron chi connectivity index (χ1n) is 8.53. The number of esters is 1. The number of carbonyl (C=O) groups excluding carboxylic acids is 3. The van der Waals surface area contributed by atoms with Crippen LogP contribution in [0, 0.1) is 11.3 Å². The highest BCUT2D eigenvalue weighted by Gasteiger charge is 2.12. The average molecular weight is 364 g/mol. The second-order valence-corrected chi connectivity index (χ2v) is 5.97. The average Bonchev–Trinajstić information content (AvgIpc) is 2.69. The number of nitriles is 1. The smallest absolute Gasteiger partial charge is 0.338 e. The van der Waals surface area contributed by atoms with Crippen molar-refractivity contribution in [1.29, 1.82) is 5.26 Å². The van der Waals surface area contributed by atoms with Crippen LogP contribution in [0.1, 0.15) is 45.2 Å². The monoisotopic (exact) mass is 364 g/mol. The third kappa shape index (κ3) is 6.40. The molecule has 27 heavy (non-hydrogen) atoms. The minimum absolute atomic E-state index is 0.0495. The molecule has 0 aromatic heterocycles.